The average molecular weight is 490 g/mol. The van der Waals surface area contributed by atoms with Crippen molar-refractivity contribution in [2.24, 2.45) is 5.92 Å². The molecule has 0 N–H and O–H groups in total. The lowest BCUT2D eigenvalue weighted by molar-refractivity contribution is -0.146. The van der Waals surface area contributed by atoms with Crippen LogP contribution in [0.15, 0.2) is 59.5 Å². The summed E-state index contributed by atoms with van der Waals surface area (Å²) in [5.41, 5.74) is 1.01. The molecule has 1 fully saturated rings. The summed E-state index contributed by atoms with van der Waals surface area (Å²) in [4.78, 5) is 24.5. The van der Waals surface area contributed by atoms with E-state index in [4.69, 9.17) is 14.2 Å². The van der Waals surface area contributed by atoms with E-state index in [0.29, 0.717) is 25.7 Å². The average Bonchev–Trinajstić information content (AvgIpc) is 2.88. The fourth-order valence-corrected chi connectivity index (χ4v) is 5.89. The third kappa shape index (κ3) is 6.43. The van der Waals surface area contributed by atoms with Crippen LogP contribution in [-0.2, 0) is 35.6 Å². The summed E-state index contributed by atoms with van der Waals surface area (Å²) in [6.07, 6.45) is 2.20. The Bertz CT molecular complexity index is 1060. The Morgan fingerprint density at radius 2 is 1.68 bits per heavy atom. The van der Waals surface area contributed by atoms with Gasteiger partial charge in [0.25, 0.3) is 0 Å². The van der Waals surface area contributed by atoms with Gasteiger partial charge >= 0.3 is 11.9 Å². The minimum absolute atomic E-state index is 0.0212. The maximum atomic E-state index is 13.6. The van der Waals surface area contributed by atoms with Crippen LogP contribution in [0.2, 0.25) is 0 Å². The third-order valence-corrected chi connectivity index (χ3v) is 7.99. The first-order chi connectivity index (χ1) is 16.4. The normalized spacial score (nSPS) is 18.4. The molecule has 34 heavy (non-hydrogen) atoms. The van der Waals surface area contributed by atoms with Crippen molar-refractivity contribution in [1.82, 2.24) is 4.31 Å². The van der Waals surface area contributed by atoms with Crippen LogP contribution < -0.4 is 0 Å². The second kappa shape index (κ2) is 12.1. The lowest BCUT2D eigenvalue weighted by atomic mass is 9.86. The molecular formula is C25H31NO7S. The topological polar surface area (TPSA) is 99.2 Å². The molecule has 0 aliphatic heterocycles. The quantitative estimate of drug-likeness (QED) is 0.472. The number of carbonyl (C=O) groups excluding carboxylic acids is 2. The van der Waals surface area contributed by atoms with Crippen molar-refractivity contribution < 1.29 is 32.2 Å². The molecule has 3 rings (SSSR count). The third-order valence-electron chi connectivity index (χ3n) is 6.04. The number of esters is 2. The lowest BCUT2D eigenvalue weighted by Crippen LogP contribution is -2.44. The van der Waals surface area contributed by atoms with Gasteiger partial charge < -0.3 is 14.2 Å². The SMILES string of the molecule is COCCN(C1CCC(C(=O)OC)CC1)S(=O)(=O)c1cccc(C(=O)OCc2ccccc2)c1. The summed E-state index contributed by atoms with van der Waals surface area (Å²) in [6.45, 7) is 0.504. The van der Waals surface area contributed by atoms with Crippen molar-refractivity contribution in [1.29, 1.82) is 0 Å². The van der Waals surface area contributed by atoms with Crippen molar-refractivity contribution in [2.45, 2.75) is 43.2 Å². The maximum Gasteiger partial charge on any atom is 0.338 e. The van der Waals surface area contributed by atoms with Gasteiger partial charge in [-0.15, -0.1) is 0 Å². The van der Waals surface area contributed by atoms with Gasteiger partial charge in [-0.25, -0.2) is 13.2 Å². The van der Waals surface area contributed by atoms with E-state index >= 15 is 0 Å². The predicted octanol–water partition coefficient (Wildman–Crippen LogP) is 3.41. The smallest absolute Gasteiger partial charge is 0.338 e. The van der Waals surface area contributed by atoms with Crippen molar-refractivity contribution in [2.75, 3.05) is 27.4 Å². The van der Waals surface area contributed by atoms with E-state index in [9.17, 15) is 18.0 Å². The van der Waals surface area contributed by atoms with Crippen LogP contribution in [0.5, 0.6) is 0 Å². The van der Waals surface area contributed by atoms with Crippen LogP contribution >= 0.6 is 0 Å². The fourth-order valence-electron chi connectivity index (χ4n) is 4.17. The molecule has 0 saturated heterocycles. The van der Waals surface area contributed by atoms with Gasteiger partial charge in [-0.2, -0.15) is 4.31 Å². The van der Waals surface area contributed by atoms with Gasteiger partial charge in [-0.1, -0.05) is 36.4 Å². The number of methoxy groups -OCH3 is 2. The van der Waals surface area contributed by atoms with Crippen LogP contribution in [0.3, 0.4) is 0 Å². The molecule has 0 spiro atoms. The number of nitrogens with zero attached hydrogens (tertiary/aromatic N) is 1. The monoisotopic (exact) mass is 489 g/mol. The number of hydrogen-bond donors (Lipinski definition) is 0. The predicted molar refractivity (Wildman–Crippen MR) is 126 cm³/mol. The molecule has 0 aromatic heterocycles. The highest BCUT2D eigenvalue weighted by Crippen LogP contribution is 2.31. The Morgan fingerprint density at radius 3 is 2.32 bits per heavy atom. The molecule has 0 unspecified atom stereocenters. The van der Waals surface area contributed by atoms with Crippen LogP contribution in [0.4, 0.5) is 0 Å². The molecule has 1 saturated carbocycles. The molecular weight excluding hydrogens is 458 g/mol. The number of sulfonamides is 1. The maximum absolute atomic E-state index is 13.6. The first kappa shape index (κ1) is 25.9. The van der Waals surface area contributed by atoms with Crippen LogP contribution in [-0.4, -0.2) is 58.1 Å². The summed E-state index contributed by atoms with van der Waals surface area (Å²) in [5, 5.41) is 0. The van der Waals surface area contributed by atoms with Gasteiger partial charge in [0.15, 0.2) is 0 Å². The van der Waals surface area contributed by atoms with Crippen LogP contribution in [0, 0.1) is 5.92 Å². The van der Waals surface area contributed by atoms with Crippen molar-refractivity contribution in [3.8, 4) is 0 Å². The van der Waals surface area contributed by atoms with E-state index in [1.54, 1.807) is 0 Å². The minimum Gasteiger partial charge on any atom is -0.469 e. The molecule has 0 bridgehead atoms. The molecule has 9 heteroatoms. The van der Waals surface area contributed by atoms with E-state index in [0.717, 1.165) is 5.56 Å². The highest BCUT2D eigenvalue weighted by molar-refractivity contribution is 7.89. The molecule has 0 heterocycles. The molecule has 1 aliphatic carbocycles. The Kier molecular flexibility index (Phi) is 9.20. The highest BCUT2D eigenvalue weighted by Gasteiger charge is 2.36. The summed E-state index contributed by atoms with van der Waals surface area (Å²) >= 11 is 0. The number of hydrogen-bond acceptors (Lipinski definition) is 7. The second-order valence-corrected chi connectivity index (χ2v) is 10.1. The van der Waals surface area contributed by atoms with Crippen molar-refractivity contribution in [3.05, 3.63) is 65.7 Å². The zero-order valence-electron chi connectivity index (χ0n) is 19.5. The molecule has 2 aromatic carbocycles. The molecule has 8 nitrogen and oxygen atoms in total. The summed E-state index contributed by atoms with van der Waals surface area (Å²) in [5.74, 6) is -1.06. The van der Waals surface area contributed by atoms with Gasteiger partial charge in [-0.05, 0) is 49.4 Å². The van der Waals surface area contributed by atoms with E-state index in [-0.39, 0.29) is 48.1 Å². The fraction of sp³-hybridized carbons (Fsp3) is 0.440. The summed E-state index contributed by atoms with van der Waals surface area (Å²) in [7, 11) is -1.03. The van der Waals surface area contributed by atoms with Crippen LogP contribution in [0.25, 0.3) is 0 Å². The van der Waals surface area contributed by atoms with Crippen LogP contribution in [0.1, 0.15) is 41.6 Å². The first-order valence-electron chi connectivity index (χ1n) is 11.3. The van der Waals surface area contributed by atoms with Gasteiger partial charge in [0, 0.05) is 19.7 Å². The lowest BCUT2D eigenvalue weighted by Gasteiger charge is -2.35. The minimum atomic E-state index is -3.91. The summed E-state index contributed by atoms with van der Waals surface area (Å²) in [6, 6.07) is 14.9. The van der Waals surface area contributed by atoms with E-state index in [1.165, 1.54) is 42.8 Å². The van der Waals surface area contributed by atoms with E-state index < -0.39 is 16.0 Å². The number of ether oxygens (including phenoxy) is 3. The van der Waals surface area contributed by atoms with Crippen molar-refractivity contribution in [3.63, 3.8) is 0 Å². The van der Waals surface area contributed by atoms with E-state index in [2.05, 4.69) is 0 Å². The van der Waals surface area contributed by atoms with Gasteiger partial charge in [0.2, 0.25) is 10.0 Å². The Balaban J connectivity index is 1.76. The van der Waals surface area contributed by atoms with E-state index in [1.807, 2.05) is 30.3 Å². The van der Waals surface area contributed by atoms with Gasteiger partial charge in [0.05, 0.1) is 30.1 Å². The zero-order chi connectivity index (χ0) is 24.6. The molecule has 184 valence electrons. The number of rotatable bonds is 10. The van der Waals surface area contributed by atoms with Crippen molar-refractivity contribution >= 4 is 22.0 Å². The Morgan fingerprint density at radius 1 is 0.971 bits per heavy atom. The Labute approximate surface area is 200 Å². The zero-order valence-corrected chi connectivity index (χ0v) is 20.3. The molecule has 0 radical (unpaired) electrons. The van der Waals surface area contributed by atoms with Gasteiger partial charge in [0.1, 0.15) is 6.61 Å². The summed E-state index contributed by atoms with van der Waals surface area (Å²) < 4.78 is 44.0. The molecule has 0 atom stereocenters. The Hall–Kier alpha value is -2.75. The largest absolute Gasteiger partial charge is 0.469 e. The second-order valence-electron chi connectivity index (χ2n) is 8.23. The highest BCUT2D eigenvalue weighted by atomic mass is 32.2. The first-order valence-corrected chi connectivity index (χ1v) is 12.7. The number of benzene rings is 2. The standard InChI is InChI=1S/C25H31NO7S/c1-31-16-15-26(22-13-11-20(12-14-22)24(27)32-2)34(29,30)23-10-6-9-21(17-23)25(28)33-18-19-7-4-3-5-8-19/h3-10,17,20,22H,11-16,18H2,1-2H3. The van der Waals surface area contributed by atoms with Gasteiger partial charge in [-0.3, -0.25) is 4.79 Å². The molecule has 2 aromatic rings. The molecule has 1 aliphatic rings. The molecule has 0 amide bonds. The number of carbonyl (C=O) groups is 2.